The van der Waals surface area contributed by atoms with Crippen LogP contribution in [-0.2, 0) is 19.4 Å². The lowest BCUT2D eigenvalue weighted by Gasteiger charge is -2.17. The summed E-state index contributed by atoms with van der Waals surface area (Å²) in [6.07, 6.45) is 3.38. The Balaban J connectivity index is 2.12. The van der Waals surface area contributed by atoms with Crippen molar-refractivity contribution in [2.75, 3.05) is 13.1 Å². The lowest BCUT2D eigenvalue weighted by atomic mass is 9.97. The number of hydrogen-bond acceptors (Lipinski definition) is 2. The van der Waals surface area contributed by atoms with Crippen LogP contribution in [0, 0.1) is 0 Å². The minimum atomic E-state index is 0.787. The molecule has 2 rings (SSSR count). The first kappa shape index (κ1) is 9.69. The fourth-order valence-electron chi connectivity index (χ4n) is 2.00. The molecule has 14 heavy (non-hydrogen) atoms. The normalized spacial score (nSPS) is 15.2. The van der Waals surface area contributed by atoms with Crippen molar-refractivity contribution in [2.24, 2.45) is 5.73 Å². The van der Waals surface area contributed by atoms with Crippen molar-refractivity contribution in [3.63, 3.8) is 0 Å². The molecule has 2 heteroatoms. The van der Waals surface area contributed by atoms with Crippen LogP contribution in [0.5, 0.6) is 0 Å². The molecule has 0 aliphatic carbocycles. The van der Waals surface area contributed by atoms with Crippen molar-refractivity contribution >= 4 is 0 Å². The molecule has 0 saturated carbocycles. The monoisotopic (exact) mass is 190 g/mol. The summed E-state index contributed by atoms with van der Waals surface area (Å²) in [4.78, 5) is 0. The molecule has 76 valence electrons. The summed E-state index contributed by atoms with van der Waals surface area (Å²) in [7, 11) is 0. The van der Waals surface area contributed by atoms with Gasteiger partial charge in [0.2, 0.25) is 0 Å². The van der Waals surface area contributed by atoms with E-state index in [0.717, 1.165) is 32.5 Å². The van der Waals surface area contributed by atoms with Crippen molar-refractivity contribution in [1.82, 2.24) is 5.32 Å². The summed E-state index contributed by atoms with van der Waals surface area (Å²) in [5.74, 6) is 0. The van der Waals surface area contributed by atoms with E-state index >= 15 is 0 Å². The number of nitrogens with two attached hydrogens (primary N) is 1. The van der Waals surface area contributed by atoms with Crippen molar-refractivity contribution in [1.29, 1.82) is 0 Å². The van der Waals surface area contributed by atoms with Crippen LogP contribution in [-0.4, -0.2) is 13.1 Å². The van der Waals surface area contributed by atoms with E-state index in [0.29, 0.717) is 0 Å². The van der Waals surface area contributed by atoms with Gasteiger partial charge in [0.15, 0.2) is 0 Å². The Morgan fingerprint density at radius 3 is 3.07 bits per heavy atom. The van der Waals surface area contributed by atoms with E-state index in [2.05, 4.69) is 23.5 Å². The van der Waals surface area contributed by atoms with E-state index in [9.17, 15) is 0 Å². The molecule has 1 aromatic carbocycles. The Morgan fingerprint density at radius 2 is 2.21 bits per heavy atom. The first-order valence-corrected chi connectivity index (χ1v) is 5.41. The molecule has 0 unspecified atom stereocenters. The molecule has 1 aromatic rings. The molecule has 0 aromatic heterocycles. The minimum Gasteiger partial charge on any atom is -0.330 e. The first-order valence-electron chi connectivity index (χ1n) is 5.41. The van der Waals surface area contributed by atoms with Crippen LogP contribution in [0.4, 0.5) is 0 Å². The van der Waals surface area contributed by atoms with Gasteiger partial charge in [-0.2, -0.15) is 0 Å². The number of hydrogen-bond donors (Lipinski definition) is 2. The second-order valence-electron chi connectivity index (χ2n) is 3.92. The summed E-state index contributed by atoms with van der Waals surface area (Å²) >= 11 is 0. The molecule has 1 aliphatic rings. The molecule has 0 fully saturated rings. The second-order valence-corrected chi connectivity index (χ2v) is 3.92. The van der Waals surface area contributed by atoms with Crippen LogP contribution >= 0.6 is 0 Å². The average molecular weight is 190 g/mol. The molecule has 0 spiro atoms. The highest BCUT2D eigenvalue weighted by atomic mass is 14.9. The smallest absolute Gasteiger partial charge is 0.0208 e. The highest BCUT2D eigenvalue weighted by molar-refractivity contribution is 5.33. The molecule has 0 radical (unpaired) electrons. The number of aryl methyl sites for hydroxylation is 1. The fraction of sp³-hybridized carbons (Fsp3) is 0.500. The zero-order valence-corrected chi connectivity index (χ0v) is 8.55. The molecule has 0 bridgehead atoms. The van der Waals surface area contributed by atoms with E-state index in [1.807, 2.05) is 0 Å². The van der Waals surface area contributed by atoms with Gasteiger partial charge in [0.05, 0.1) is 0 Å². The SMILES string of the molecule is NCCCc1ccc2c(c1)CNCC2. The lowest BCUT2D eigenvalue weighted by Crippen LogP contribution is -2.23. The van der Waals surface area contributed by atoms with Gasteiger partial charge in [-0.3, -0.25) is 0 Å². The van der Waals surface area contributed by atoms with Gasteiger partial charge < -0.3 is 11.1 Å². The van der Waals surface area contributed by atoms with Crippen molar-refractivity contribution in [3.8, 4) is 0 Å². The topological polar surface area (TPSA) is 38.0 Å². The number of nitrogens with one attached hydrogen (secondary N) is 1. The van der Waals surface area contributed by atoms with Crippen molar-refractivity contribution in [3.05, 3.63) is 34.9 Å². The maximum absolute atomic E-state index is 5.50. The average Bonchev–Trinajstić information content (AvgIpc) is 2.26. The zero-order valence-electron chi connectivity index (χ0n) is 8.55. The Kier molecular flexibility index (Phi) is 3.17. The fourth-order valence-corrected chi connectivity index (χ4v) is 2.00. The Hall–Kier alpha value is -0.860. The van der Waals surface area contributed by atoms with Gasteiger partial charge in [-0.1, -0.05) is 18.2 Å². The molecule has 0 amide bonds. The van der Waals surface area contributed by atoms with E-state index in [1.165, 1.54) is 23.1 Å². The molecule has 3 N–H and O–H groups in total. The number of rotatable bonds is 3. The third-order valence-electron chi connectivity index (χ3n) is 2.83. The summed E-state index contributed by atoms with van der Waals surface area (Å²) in [6, 6.07) is 6.86. The van der Waals surface area contributed by atoms with Gasteiger partial charge in [-0.25, -0.2) is 0 Å². The van der Waals surface area contributed by atoms with Crippen LogP contribution < -0.4 is 11.1 Å². The third-order valence-corrected chi connectivity index (χ3v) is 2.83. The van der Waals surface area contributed by atoms with Gasteiger partial charge in [-0.15, -0.1) is 0 Å². The van der Waals surface area contributed by atoms with Crippen molar-refractivity contribution < 1.29 is 0 Å². The Bertz CT molecular complexity index is 307. The molecule has 0 saturated heterocycles. The highest BCUT2D eigenvalue weighted by Gasteiger charge is 2.08. The summed E-state index contributed by atoms with van der Waals surface area (Å²) < 4.78 is 0. The van der Waals surface area contributed by atoms with Gasteiger partial charge in [0, 0.05) is 6.54 Å². The van der Waals surface area contributed by atoms with E-state index in [4.69, 9.17) is 5.73 Å². The van der Waals surface area contributed by atoms with Crippen LogP contribution in [0.15, 0.2) is 18.2 Å². The summed E-state index contributed by atoms with van der Waals surface area (Å²) in [5.41, 5.74) is 9.92. The maximum atomic E-state index is 5.50. The quantitative estimate of drug-likeness (QED) is 0.752. The Labute approximate surface area is 85.5 Å². The minimum absolute atomic E-state index is 0.787. The lowest BCUT2D eigenvalue weighted by molar-refractivity contribution is 0.642. The van der Waals surface area contributed by atoms with E-state index in [1.54, 1.807) is 0 Å². The van der Waals surface area contributed by atoms with E-state index in [-0.39, 0.29) is 0 Å². The second kappa shape index (κ2) is 4.58. The zero-order chi connectivity index (χ0) is 9.80. The van der Waals surface area contributed by atoms with Crippen LogP contribution in [0.25, 0.3) is 0 Å². The standard InChI is InChI=1S/C12H18N2/c13-6-1-2-10-3-4-11-5-7-14-9-12(11)8-10/h3-4,8,14H,1-2,5-7,9,13H2. The number of fused-ring (bicyclic) bond motifs is 1. The molecule has 1 heterocycles. The Morgan fingerprint density at radius 1 is 1.29 bits per heavy atom. The summed E-state index contributed by atoms with van der Waals surface area (Å²) in [5, 5.41) is 3.40. The predicted molar refractivity (Wildman–Crippen MR) is 59.2 cm³/mol. The van der Waals surface area contributed by atoms with Crippen LogP contribution in [0.1, 0.15) is 23.1 Å². The van der Waals surface area contributed by atoms with Crippen LogP contribution in [0.3, 0.4) is 0 Å². The summed E-state index contributed by atoms with van der Waals surface area (Å²) in [6.45, 7) is 2.94. The predicted octanol–water partition coefficient (Wildman–Crippen LogP) is 1.22. The van der Waals surface area contributed by atoms with E-state index < -0.39 is 0 Å². The van der Waals surface area contributed by atoms with Gasteiger partial charge in [0.25, 0.3) is 0 Å². The maximum Gasteiger partial charge on any atom is 0.0208 e. The molecule has 2 nitrogen and oxygen atoms in total. The molecular weight excluding hydrogens is 172 g/mol. The van der Waals surface area contributed by atoms with Gasteiger partial charge in [-0.05, 0) is 49.0 Å². The number of benzene rings is 1. The largest absolute Gasteiger partial charge is 0.330 e. The first-order chi connectivity index (χ1) is 6.90. The highest BCUT2D eigenvalue weighted by Crippen LogP contribution is 2.16. The third kappa shape index (κ3) is 2.14. The van der Waals surface area contributed by atoms with Gasteiger partial charge >= 0.3 is 0 Å². The van der Waals surface area contributed by atoms with Gasteiger partial charge in [0.1, 0.15) is 0 Å². The molecule has 0 atom stereocenters. The molecule has 1 aliphatic heterocycles. The molecular formula is C12H18N2. The van der Waals surface area contributed by atoms with Crippen LogP contribution in [0.2, 0.25) is 0 Å². The van der Waals surface area contributed by atoms with Crippen molar-refractivity contribution in [2.45, 2.75) is 25.8 Å².